The van der Waals surface area contributed by atoms with Crippen molar-refractivity contribution in [1.82, 2.24) is 29.5 Å². The number of aromatic nitrogens is 5. The smallest absolute Gasteiger partial charge is 0.285 e. The van der Waals surface area contributed by atoms with Gasteiger partial charge in [-0.15, -0.1) is 0 Å². The van der Waals surface area contributed by atoms with Crippen LogP contribution < -0.4 is 25.2 Å². The standard InChI is InChI=1S/C26H29ClN8O5S/c1-14-11-17(15(2)29-19-5-6-20(27)30-23(19)24(36)33-41(4,38)39)22-18(12-14)25(37)34(3)26(31-22)35-10-8-16(13-35)40-21-7-9-28-32-21/h5-7,9,11-12,15-16,29H,8,10,13H2,1-4H3,(H,28,32)(H,33,36)/t15-,16-/m1/s1. The Bertz CT molecular complexity index is 1790. The van der Waals surface area contributed by atoms with Gasteiger partial charge in [0.15, 0.2) is 5.69 Å². The molecule has 3 N–H and O–H groups in total. The second-order valence-corrected chi connectivity index (χ2v) is 12.2. The number of rotatable bonds is 8. The lowest BCUT2D eigenvalue weighted by Crippen LogP contribution is -2.32. The number of H-pyrrole nitrogens is 1. The lowest BCUT2D eigenvalue weighted by atomic mass is 10.0. The van der Waals surface area contributed by atoms with E-state index >= 15 is 0 Å². The van der Waals surface area contributed by atoms with E-state index in [1.165, 1.54) is 6.07 Å². The van der Waals surface area contributed by atoms with Gasteiger partial charge < -0.3 is 15.0 Å². The highest BCUT2D eigenvalue weighted by Gasteiger charge is 2.28. The number of sulfonamides is 1. The number of hydrogen-bond donors (Lipinski definition) is 3. The molecule has 0 spiro atoms. The number of fused-ring (bicyclic) bond motifs is 1. The van der Waals surface area contributed by atoms with Gasteiger partial charge >= 0.3 is 0 Å². The van der Waals surface area contributed by atoms with Crippen LogP contribution in [0.5, 0.6) is 5.88 Å². The molecule has 15 heteroatoms. The van der Waals surface area contributed by atoms with Crippen molar-refractivity contribution in [3.05, 3.63) is 68.9 Å². The van der Waals surface area contributed by atoms with Gasteiger partial charge in [-0.05, 0) is 37.6 Å². The van der Waals surface area contributed by atoms with Gasteiger partial charge in [0.25, 0.3) is 11.5 Å². The molecule has 13 nitrogen and oxygen atoms in total. The third-order valence-corrected chi connectivity index (χ3v) is 7.49. The number of nitrogens with zero attached hydrogens (tertiary/aromatic N) is 5. The maximum atomic E-state index is 13.5. The normalized spacial score (nSPS) is 16.1. The van der Waals surface area contributed by atoms with Crippen LogP contribution in [0.2, 0.25) is 5.15 Å². The summed E-state index contributed by atoms with van der Waals surface area (Å²) in [7, 11) is -2.14. The third-order valence-electron chi connectivity index (χ3n) is 6.72. The molecule has 1 fully saturated rings. The molecule has 0 bridgehead atoms. The second-order valence-electron chi connectivity index (χ2n) is 10.0. The van der Waals surface area contributed by atoms with Crippen molar-refractivity contribution < 1.29 is 17.9 Å². The summed E-state index contributed by atoms with van der Waals surface area (Å²) in [6.07, 6.45) is 3.14. The van der Waals surface area contributed by atoms with Gasteiger partial charge in [-0.3, -0.25) is 14.2 Å². The van der Waals surface area contributed by atoms with Gasteiger partial charge in [0.05, 0.1) is 41.6 Å². The number of anilines is 2. The number of benzene rings is 1. The summed E-state index contributed by atoms with van der Waals surface area (Å²) in [6, 6.07) is 8.04. The Morgan fingerprint density at radius 2 is 2.02 bits per heavy atom. The molecular formula is C26H29ClN8O5S. The first-order chi connectivity index (χ1) is 19.4. The molecule has 0 aliphatic carbocycles. The monoisotopic (exact) mass is 600 g/mol. The molecular weight excluding hydrogens is 572 g/mol. The topological polar surface area (TPSA) is 164 Å². The van der Waals surface area contributed by atoms with E-state index in [1.54, 1.807) is 36.0 Å². The average Bonchev–Trinajstić information content (AvgIpc) is 3.58. The summed E-state index contributed by atoms with van der Waals surface area (Å²) in [5, 5.41) is 10.4. The molecule has 4 aromatic rings. The Morgan fingerprint density at radius 3 is 2.73 bits per heavy atom. The SMILES string of the molecule is Cc1cc([C@@H](C)Nc2ccc(Cl)nc2C(=O)NS(C)(=O)=O)c2nc(N3CC[C@@H](Oc4ccn[nH]4)C3)n(C)c(=O)c2c1. The lowest BCUT2D eigenvalue weighted by Gasteiger charge is -2.23. The number of halogens is 1. The molecule has 41 heavy (non-hydrogen) atoms. The zero-order chi connectivity index (χ0) is 29.5. The predicted octanol–water partition coefficient (Wildman–Crippen LogP) is 2.53. The fraction of sp³-hybridized carbons (Fsp3) is 0.346. The first kappa shape index (κ1) is 28.4. The van der Waals surface area contributed by atoms with Gasteiger partial charge in [0.2, 0.25) is 21.9 Å². The van der Waals surface area contributed by atoms with Crippen LogP contribution in [0.15, 0.2) is 41.3 Å². The molecule has 1 amide bonds. The molecule has 0 radical (unpaired) electrons. The van der Waals surface area contributed by atoms with Gasteiger partial charge in [-0.25, -0.2) is 28.2 Å². The largest absolute Gasteiger partial charge is 0.473 e. The predicted molar refractivity (Wildman–Crippen MR) is 155 cm³/mol. The van der Waals surface area contributed by atoms with Crippen LogP contribution >= 0.6 is 11.6 Å². The van der Waals surface area contributed by atoms with Crippen LogP contribution in [-0.4, -0.2) is 64.5 Å². The van der Waals surface area contributed by atoms with Gasteiger partial charge in [0, 0.05) is 31.6 Å². The maximum Gasteiger partial charge on any atom is 0.285 e. The van der Waals surface area contributed by atoms with Crippen molar-refractivity contribution in [2.45, 2.75) is 32.4 Å². The first-order valence-corrected chi connectivity index (χ1v) is 15.0. The molecule has 1 aliphatic rings. The highest BCUT2D eigenvalue weighted by Crippen LogP contribution is 2.30. The van der Waals surface area contributed by atoms with E-state index in [1.807, 2.05) is 29.5 Å². The van der Waals surface area contributed by atoms with E-state index in [2.05, 4.69) is 20.5 Å². The summed E-state index contributed by atoms with van der Waals surface area (Å²) in [5.41, 5.74) is 1.97. The molecule has 1 saturated heterocycles. The molecule has 5 rings (SSSR count). The fourth-order valence-electron chi connectivity index (χ4n) is 4.90. The molecule has 1 aromatic carbocycles. The quantitative estimate of drug-likeness (QED) is 0.256. The molecule has 0 unspecified atom stereocenters. The molecule has 4 heterocycles. The van der Waals surface area contributed by atoms with Crippen LogP contribution in [0.4, 0.5) is 11.6 Å². The van der Waals surface area contributed by atoms with Crippen molar-refractivity contribution in [2.75, 3.05) is 29.6 Å². The van der Waals surface area contributed by atoms with E-state index in [4.69, 9.17) is 21.3 Å². The Labute approximate surface area is 240 Å². The minimum atomic E-state index is -3.83. The minimum Gasteiger partial charge on any atom is -0.473 e. The van der Waals surface area contributed by atoms with Crippen LogP contribution in [0.25, 0.3) is 10.9 Å². The number of carbonyl (C=O) groups excluding carboxylic acids is 1. The number of hydrogen-bond acceptors (Lipinski definition) is 10. The molecule has 0 saturated carbocycles. The van der Waals surface area contributed by atoms with Crippen molar-refractivity contribution in [3.63, 3.8) is 0 Å². The highest BCUT2D eigenvalue weighted by molar-refractivity contribution is 7.89. The van der Waals surface area contributed by atoms with Gasteiger partial charge in [-0.2, -0.15) is 5.10 Å². The Kier molecular flexibility index (Phi) is 7.62. The Balaban J connectivity index is 1.50. The summed E-state index contributed by atoms with van der Waals surface area (Å²) in [5.74, 6) is 0.169. The fourth-order valence-corrected chi connectivity index (χ4v) is 5.48. The zero-order valence-corrected chi connectivity index (χ0v) is 24.4. The number of ether oxygens (including phenoxy) is 1. The summed E-state index contributed by atoms with van der Waals surface area (Å²) in [6.45, 7) is 4.92. The zero-order valence-electron chi connectivity index (χ0n) is 22.8. The number of carbonyl (C=O) groups is 1. The Hall–Kier alpha value is -4.17. The maximum absolute atomic E-state index is 13.5. The lowest BCUT2D eigenvalue weighted by molar-refractivity contribution is 0.0977. The summed E-state index contributed by atoms with van der Waals surface area (Å²) < 4.78 is 32.8. The number of pyridine rings is 1. The number of nitrogens with one attached hydrogen (secondary N) is 3. The highest BCUT2D eigenvalue weighted by atomic mass is 35.5. The van der Waals surface area contributed by atoms with Crippen LogP contribution in [0, 0.1) is 6.92 Å². The molecule has 2 atom stereocenters. The van der Waals surface area contributed by atoms with Crippen LogP contribution in [-0.2, 0) is 17.1 Å². The van der Waals surface area contributed by atoms with E-state index in [0.717, 1.165) is 18.2 Å². The summed E-state index contributed by atoms with van der Waals surface area (Å²) >= 11 is 6.01. The van der Waals surface area contributed by atoms with Crippen LogP contribution in [0.1, 0.15) is 41.0 Å². The van der Waals surface area contributed by atoms with E-state index < -0.39 is 22.0 Å². The van der Waals surface area contributed by atoms with Crippen molar-refractivity contribution in [3.8, 4) is 5.88 Å². The average molecular weight is 601 g/mol. The minimum absolute atomic E-state index is 0.0260. The van der Waals surface area contributed by atoms with Crippen molar-refractivity contribution in [2.24, 2.45) is 7.05 Å². The van der Waals surface area contributed by atoms with Crippen molar-refractivity contribution >= 4 is 50.1 Å². The second kappa shape index (κ2) is 11.0. The number of aromatic amines is 1. The van der Waals surface area contributed by atoms with Crippen molar-refractivity contribution in [1.29, 1.82) is 0 Å². The third kappa shape index (κ3) is 6.12. The van der Waals surface area contributed by atoms with Gasteiger partial charge in [0.1, 0.15) is 11.3 Å². The van der Waals surface area contributed by atoms with E-state index in [-0.39, 0.29) is 28.2 Å². The number of aryl methyl sites for hydroxylation is 1. The molecule has 1 aliphatic heterocycles. The Morgan fingerprint density at radius 1 is 1.24 bits per heavy atom. The van der Waals surface area contributed by atoms with E-state index in [0.29, 0.717) is 41.4 Å². The molecule has 3 aromatic heterocycles. The molecule has 216 valence electrons. The number of amides is 1. The van der Waals surface area contributed by atoms with E-state index in [9.17, 15) is 18.0 Å². The van der Waals surface area contributed by atoms with Gasteiger partial charge in [-0.1, -0.05) is 17.7 Å². The first-order valence-electron chi connectivity index (χ1n) is 12.8. The summed E-state index contributed by atoms with van der Waals surface area (Å²) in [4.78, 5) is 37.2. The van der Waals surface area contributed by atoms with Crippen LogP contribution in [0.3, 0.4) is 0 Å².